The van der Waals surface area contributed by atoms with Gasteiger partial charge in [0.1, 0.15) is 5.00 Å². The molecule has 1 aliphatic rings. The van der Waals surface area contributed by atoms with Gasteiger partial charge in [-0.05, 0) is 49.7 Å². The van der Waals surface area contributed by atoms with Crippen LogP contribution in [0.2, 0.25) is 0 Å². The van der Waals surface area contributed by atoms with Gasteiger partial charge < -0.3 is 16.4 Å². The number of carbonyl (C=O) groups excluding carboxylic acids is 2. The first-order valence-corrected chi connectivity index (χ1v) is 7.42. The monoisotopic (exact) mass is 281 g/mol. The summed E-state index contributed by atoms with van der Waals surface area (Å²) >= 11 is 1.32. The molecule has 0 spiro atoms. The first-order valence-electron chi connectivity index (χ1n) is 6.54. The van der Waals surface area contributed by atoms with E-state index in [-0.39, 0.29) is 5.91 Å². The molecule has 0 aliphatic carbocycles. The Kier molecular flexibility index (Phi) is 4.93. The van der Waals surface area contributed by atoms with Gasteiger partial charge in [0.2, 0.25) is 5.91 Å². The summed E-state index contributed by atoms with van der Waals surface area (Å²) in [5.41, 5.74) is 5.62. The molecule has 0 radical (unpaired) electrons. The molecule has 0 atom stereocenters. The van der Waals surface area contributed by atoms with E-state index >= 15 is 0 Å². The fraction of sp³-hybridized carbons (Fsp3) is 0.538. The highest BCUT2D eigenvalue weighted by atomic mass is 32.1. The van der Waals surface area contributed by atoms with Crippen LogP contribution >= 0.6 is 11.3 Å². The molecule has 5 nitrogen and oxygen atoms in total. The minimum Gasteiger partial charge on any atom is -0.366 e. The van der Waals surface area contributed by atoms with Crippen molar-refractivity contribution >= 4 is 28.2 Å². The third-order valence-corrected chi connectivity index (χ3v) is 4.25. The quantitative estimate of drug-likeness (QED) is 0.766. The minimum absolute atomic E-state index is 0.0384. The molecule has 1 aliphatic heterocycles. The Balaban J connectivity index is 1.80. The molecule has 104 valence electrons. The summed E-state index contributed by atoms with van der Waals surface area (Å²) in [6.45, 7) is 2.09. The summed E-state index contributed by atoms with van der Waals surface area (Å²) in [7, 11) is 0. The maximum atomic E-state index is 11.9. The van der Waals surface area contributed by atoms with Crippen molar-refractivity contribution in [3.8, 4) is 0 Å². The molecular weight excluding hydrogens is 262 g/mol. The molecule has 1 aromatic rings. The van der Waals surface area contributed by atoms with Crippen LogP contribution in [0, 0.1) is 5.92 Å². The Hall–Kier alpha value is -1.40. The lowest BCUT2D eigenvalue weighted by Crippen LogP contribution is -2.28. The van der Waals surface area contributed by atoms with Crippen LogP contribution in [-0.4, -0.2) is 24.9 Å². The fourth-order valence-electron chi connectivity index (χ4n) is 2.29. The van der Waals surface area contributed by atoms with Crippen LogP contribution in [-0.2, 0) is 4.79 Å². The van der Waals surface area contributed by atoms with Crippen LogP contribution in [0.15, 0.2) is 11.4 Å². The number of carbonyl (C=O) groups is 2. The Morgan fingerprint density at radius 3 is 2.84 bits per heavy atom. The smallest absolute Gasteiger partial charge is 0.251 e. The molecule has 2 heterocycles. The molecule has 4 N–H and O–H groups in total. The van der Waals surface area contributed by atoms with Gasteiger partial charge in [-0.2, -0.15) is 0 Å². The zero-order valence-electron chi connectivity index (χ0n) is 10.8. The van der Waals surface area contributed by atoms with Crippen LogP contribution in [0.3, 0.4) is 0 Å². The third kappa shape index (κ3) is 4.04. The van der Waals surface area contributed by atoms with Gasteiger partial charge in [0.05, 0.1) is 5.56 Å². The second-order valence-electron chi connectivity index (χ2n) is 4.81. The maximum absolute atomic E-state index is 11.9. The van der Waals surface area contributed by atoms with E-state index in [0.717, 1.165) is 32.4 Å². The van der Waals surface area contributed by atoms with Crippen LogP contribution in [0.5, 0.6) is 0 Å². The van der Waals surface area contributed by atoms with E-state index in [1.807, 2.05) is 0 Å². The number of nitrogens with one attached hydrogen (secondary N) is 2. The van der Waals surface area contributed by atoms with Crippen molar-refractivity contribution < 1.29 is 9.59 Å². The lowest BCUT2D eigenvalue weighted by Gasteiger charge is -2.22. The zero-order valence-corrected chi connectivity index (χ0v) is 11.6. The lowest BCUT2D eigenvalue weighted by atomic mass is 9.93. The number of anilines is 1. The molecule has 0 unspecified atom stereocenters. The molecule has 1 saturated heterocycles. The topological polar surface area (TPSA) is 84.2 Å². The first kappa shape index (κ1) is 14.0. The zero-order chi connectivity index (χ0) is 13.7. The van der Waals surface area contributed by atoms with Gasteiger partial charge in [-0.25, -0.2) is 0 Å². The van der Waals surface area contributed by atoms with Crippen LogP contribution < -0.4 is 16.4 Å². The molecule has 19 heavy (non-hydrogen) atoms. The molecule has 1 aromatic heterocycles. The van der Waals surface area contributed by atoms with E-state index in [4.69, 9.17) is 5.73 Å². The predicted molar refractivity (Wildman–Crippen MR) is 76.3 cm³/mol. The predicted octanol–water partition coefficient (Wildman–Crippen LogP) is 1.57. The van der Waals surface area contributed by atoms with E-state index in [2.05, 4.69) is 10.6 Å². The molecule has 2 rings (SSSR count). The molecule has 0 bridgehead atoms. The van der Waals surface area contributed by atoms with Crippen LogP contribution in [0.1, 0.15) is 36.0 Å². The second-order valence-corrected chi connectivity index (χ2v) is 5.72. The number of rotatable bonds is 5. The summed E-state index contributed by atoms with van der Waals surface area (Å²) in [5, 5.41) is 8.39. The molecule has 0 saturated carbocycles. The molecule has 0 aromatic carbocycles. The van der Waals surface area contributed by atoms with Crippen molar-refractivity contribution in [1.82, 2.24) is 5.32 Å². The summed E-state index contributed by atoms with van der Waals surface area (Å²) in [6.07, 6.45) is 3.68. The standard InChI is InChI=1S/C13H19N3O2S/c14-12(18)10-5-8-19-13(10)16-11(17)2-1-9-3-6-15-7-4-9/h5,8-9,15H,1-4,6-7H2,(H2,14,18)(H,16,17). The molecule has 2 amide bonds. The second kappa shape index (κ2) is 6.68. The van der Waals surface area contributed by atoms with Crippen molar-refractivity contribution in [2.75, 3.05) is 18.4 Å². The minimum atomic E-state index is -0.505. The van der Waals surface area contributed by atoms with Crippen molar-refractivity contribution in [3.63, 3.8) is 0 Å². The van der Waals surface area contributed by atoms with Gasteiger partial charge in [-0.3, -0.25) is 9.59 Å². The number of primary amides is 1. The van der Waals surface area contributed by atoms with Crippen molar-refractivity contribution in [3.05, 3.63) is 17.0 Å². The number of hydrogen-bond acceptors (Lipinski definition) is 4. The normalized spacial score (nSPS) is 16.2. The van der Waals surface area contributed by atoms with E-state index in [1.165, 1.54) is 11.3 Å². The van der Waals surface area contributed by atoms with Gasteiger partial charge >= 0.3 is 0 Å². The Bertz CT molecular complexity index is 452. The summed E-state index contributed by atoms with van der Waals surface area (Å²) in [5.74, 6) is 0.0873. The summed E-state index contributed by atoms with van der Waals surface area (Å²) in [4.78, 5) is 23.0. The van der Waals surface area contributed by atoms with E-state index in [0.29, 0.717) is 22.9 Å². The number of amides is 2. The molecule has 6 heteroatoms. The highest BCUT2D eigenvalue weighted by molar-refractivity contribution is 7.14. The van der Waals surface area contributed by atoms with Gasteiger partial charge in [-0.15, -0.1) is 11.3 Å². The van der Waals surface area contributed by atoms with Crippen LogP contribution in [0.4, 0.5) is 5.00 Å². The summed E-state index contributed by atoms with van der Waals surface area (Å²) in [6, 6.07) is 1.63. The average Bonchev–Trinajstić information content (AvgIpc) is 2.86. The SMILES string of the molecule is NC(=O)c1ccsc1NC(=O)CCC1CCNCC1. The molecule has 1 fully saturated rings. The van der Waals surface area contributed by atoms with Gasteiger partial charge in [0.25, 0.3) is 5.91 Å². The highest BCUT2D eigenvalue weighted by Gasteiger charge is 2.16. The third-order valence-electron chi connectivity index (χ3n) is 3.42. The average molecular weight is 281 g/mol. The fourth-order valence-corrected chi connectivity index (χ4v) is 3.10. The first-order chi connectivity index (χ1) is 9.16. The number of thiophene rings is 1. The summed E-state index contributed by atoms with van der Waals surface area (Å²) < 4.78 is 0. The lowest BCUT2D eigenvalue weighted by molar-refractivity contribution is -0.116. The van der Waals surface area contributed by atoms with E-state index in [1.54, 1.807) is 11.4 Å². The maximum Gasteiger partial charge on any atom is 0.251 e. The highest BCUT2D eigenvalue weighted by Crippen LogP contribution is 2.24. The Morgan fingerprint density at radius 1 is 1.42 bits per heavy atom. The Labute approximate surface area is 116 Å². The van der Waals surface area contributed by atoms with Crippen molar-refractivity contribution in [1.29, 1.82) is 0 Å². The van der Waals surface area contributed by atoms with Gasteiger partial charge in [-0.1, -0.05) is 0 Å². The Morgan fingerprint density at radius 2 is 2.16 bits per heavy atom. The van der Waals surface area contributed by atoms with E-state index < -0.39 is 5.91 Å². The largest absolute Gasteiger partial charge is 0.366 e. The van der Waals surface area contributed by atoms with E-state index in [9.17, 15) is 9.59 Å². The number of piperidine rings is 1. The van der Waals surface area contributed by atoms with Crippen molar-refractivity contribution in [2.45, 2.75) is 25.7 Å². The molecular formula is C13H19N3O2S. The number of nitrogens with two attached hydrogens (primary N) is 1. The number of hydrogen-bond donors (Lipinski definition) is 3. The van der Waals surface area contributed by atoms with Gasteiger partial charge in [0.15, 0.2) is 0 Å². The van der Waals surface area contributed by atoms with Gasteiger partial charge in [0, 0.05) is 6.42 Å². The van der Waals surface area contributed by atoms with Crippen molar-refractivity contribution in [2.24, 2.45) is 11.7 Å². The van der Waals surface area contributed by atoms with Crippen LogP contribution in [0.25, 0.3) is 0 Å².